The molecule has 0 radical (unpaired) electrons. The van der Waals surface area contributed by atoms with Crippen molar-refractivity contribution in [2.24, 2.45) is 5.41 Å². The fourth-order valence-corrected chi connectivity index (χ4v) is 3.15. The number of alkyl carbamates (subject to hydrolysis) is 1. The standard InChI is InChI=1S/C17H26N2O9.C4H8/c1-2-13(6-9-28-19(24)25)15(22)26-12-27-16(23)18-11-17(10-14(20)21)7-4-3-5-8-17;1-3-4-2/h6H,2-5,7-12H2,1H3,(H,18,23)(H,20,21);3-4H,1-2H3/b13-6-;4-3-. The first-order valence-corrected chi connectivity index (χ1v) is 10.5. The van der Waals surface area contributed by atoms with Crippen molar-refractivity contribution >= 4 is 18.0 Å². The second-order valence-electron chi connectivity index (χ2n) is 7.24. The minimum atomic E-state index is -0.980. The molecule has 1 aliphatic rings. The molecule has 1 fully saturated rings. The highest BCUT2D eigenvalue weighted by atomic mass is 16.9. The molecule has 182 valence electrons. The van der Waals surface area contributed by atoms with Gasteiger partial charge in [0.1, 0.15) is 6.61 Å². The predicted molar refractivity (Wildman–Crippen MR) is 115 cm³/mol. The molecule has 11 nitrogen and oxygen atoms in total. The average Bonchev–Trinajstić information content (AvgIpc) is 2.75. The Labute approximate surface area is 187 Å². The molecular formula is C21H34N2O9. The summed E-state index contributed by atoms with van der Waals surface area (Å²) in [5.74, 6) is -1.69. The number of hydrogen-bond donors (Lipinski definition) is 2. The molecule has 1 saturated carbocycles. The molecule has 1 amide bonds. The Morgan fingerprint density at radius 1 is 1.12 bits per heavy atom. The lowest BCUT2D eigenvalue weighted by molar-refractivity contribution is -0.755. The number of carboxylic acid groups (broad SMARTS) is 1. The molecule has 0 atom stereocenters. The van der Waals surface area contributed by atoms with Gasteiger partial charge in [-0.2, -0.15) is 0 Å². The number of carbonyl (C=O) groups is 3. The van der Waals surface area contributed by atoms with Gasteiger partial charge in [0.25, 0.3) is 5.09 Å². The predicted octanol–water partition coefficient (Wildman–Crippen LogP) is 3.77. The largest absolute Gasteiger partial charge is 0.481 e. The van der Waals surface area contributed by atoms with E-state index in [-0.39, 0.29) is 25.0 Å². The van der Waals surface area contributed by atoms with Crippen molar-refractivity contribution in [1.29, 1.82) is 0 Å². The fraction of sp³-hybridized carbons (Fsp3) is 0.667. The number of hydrogen-bond acceptors (Lipinski definition) is 8. The van der Waals surface area contributed by atoms with Crippen LogP contribution in [-0.2, 0) is 23.9 Å². The smallest absolute Gasteiger partial charge is 0.410 e. The maximum atomic E-state index is 11.8. The third-order valence-electron chi connectivity index (χ3n) is 4.91. The van der Waals surface area contributed by atoms with Crippen LogP contribution in [0.2, 0.25) is 0 Å². The van der Waals surface area contributed by atoms with E-state index >= 15 is 0 Å². The third-order valence-corrected chi connectivity index (χ3v) is 4.91. The Morgan fingerprint density at radius 2 is 1.75 bits per heavy atom. The van der Waals surface area contributed by atoms with Crippen molar-refractivity contribution in [1.82, 2.24) is 5.32 Å². The Morgan fingerprint density at radius 3 is 2.25 bits per heavy atom. The summed E-state index contributed by atoms with van der Waals surface area (Å²) in [7, 11) is 0. The van der Waals surface area contributed by atoms with Gasteiger partial charge in [-0.25, -0.2) is 9.59 Å². The quantitative estimate of drug-likeness (QED) is 0.118. The Balaban J connectivity index is 0.00000220. The van der Waals surface area contributed by atoms with Crippen LogP contribution in [0.15, 0.2) is 23.8 Å². The highest BCUT2D eigenvalue weighted by Gasteiger charge is 2.34. The van der Waals surface area contributed by atoms with Gasteiger partial charge in [0.05, 0.1) is 6.42 Å². The molecule has 11 heteroatoms. The first-order valence-electron chi connectivity index (χ1n) is 10.5. The maximum Gasteiger partial charge on any atom is 0.410 e. The van der Waals surface area contributed by atoms with Gasteiger partial charge in [-0.15, -0.1) is 10.1 Å². The molecule has 0 aliphatic heterocycles. The molecule has 1 rings (SSSR count). The van der Waals surface area contributed by atoms with E-state index in [1.165, 1.54) is 6.08 Å². The van der Waals surface area contributed by atoms with Crippen molar-refractivity contribution < 1.29 is 38.9 Å². The summed E-state index contributed by atoms with van der Waals surface area (Å²) in [6.07, 6.45) is 8.91. The van der Waals surface area contributed by atoms with E-state index in [2.05, 4.69) is 10.2 Å². The van der Waals surface area contributed by atoms with E-state index in [0.717, 1.165) is 19.3 Å². The molecule has 2 N–H and O–H groups in total. The molecule has 0 aromatic heterocycles. The zero-order valence-electron chi connectivity index (χ0n) is 19.0. The second-order valence-corrected chi connectivity index (χ2v) is 7.24. The lowest BCUT2D eigenvalue weighted by atomic mass is 9.72. The summed E-state index contributed by atoms with van der Waals surface area (Å²) in [6.45, 7) is 4.80. The van der Waals surface area contributed by atoms with Crippen molar-refractivity contribution in [2.45, 2.75) is 65.7 Å². The van der Waals surface area contributed by atoms with Crippen molar-refractivity contribution in [3.8, 4) is 0 Å². The van der Waals surface area contributed by atoms with E-state index < -0.39 is 41.9 Å². The number of aliphatic carboxylic acids is 1. The summed E-state index contributed by atoms with van der Waals surface area (Å²) < 4.78 is 9.58. The van der Waals surface area contributed by atoms with Crippen LogP contribution in [0.3, 0.4) is 0 Å². The lowest BCUT2D eigenvalue weighted by Gasteiger charge is -2.36. The number of esters is 1. The van der Waals surface area contributed by atoms with Gasteiger partial charge in [0.2, 0.25) is 6.79 Å². The van der Waals surface area contributed by atoms with Crippen LogP contribution in [0.4, 0.5) is 4.79 Å². The molecule has 0 spiro atoms. The van der Waals surface area contributed by atoms with E-state index in [1.54, 1.807) is 6.92 Å². The summed E-state index contributed by atoms with van der Waals surface area (Å²) >= 11 is 0. The molecule has 1 aliphatic carbocycles. The SMILES string of the molecule is C/C=C\C.CC/C(=C/CO[N+](=O)[O-])C(=O)OCOC(=O)NCC1(CC(=O)O)CCCCC1. The number of amides is 1. The van der Waals surface area contributed by atoms with Crippen molar-refractivity contribution in [2.75, 3.05) is 19.9 Å². The average molecular weight is 459 g/mol. The zero-order chi connectivity index (χ0) is 24.4. The normalized spacial score (nSPS) is 15.2. The van der Waals surface area contributed by atoms with Crippen LogP contribution in [-0.4, -0.2) is 48.2 Å². The molecule has 0 saturated heterocycles. The number of carboxylic acids is 1. The first-order chi connectivity index (χ1) is 15.2. The molecule has 0 bridgehead atoms. The number of rotatable bonds is 11. The zero-order valence-corrected chi connectivity index (χ0v) is 19.0. The molecule has 0 heterocycles. The monoisotopic (exact) mass is 458 g/mol. The molecule has 0 unspecified atom stereocenters. The number of nitrogens with one attached hydrogen (secondary N) is 1. The molecule has 0 aromatic carbocycles. The number of allylic oxidation sites excluding steroid dienone is 2. The van der Waals surface area contributed by atoms with Gasteiger partial charge < -0.3 is 24.7 Å². The van der Waals surface area contributed by atoms with Gasteiger partial charge in [0.15, 0.2) is 0 Å². The van der Waals surface area contributed by atoms with Crippen molar-refractivity contribution in [3.05, 3.63) is 33.9 Å². The second kappa shape index (κ2) is 16.6. The van der Waals surface area contributed by atoms with Crippen LogP contribution >= 0.6 is 0 Å². The molecule has 0 aromatic rings. The Hall–Kier alpha value is -3.11. The summed E-state index contributed by atoms with van der Waals surface area (Å²) in [5, 5.41) is 20.8. The van der Waals surface area contributed by atoms with Gasteiger partial charge in [0, 0.05) is 12.1 Å². The highest BCUT2D eigenvalue weighted by molar-refractivity contribution is 5.88. The van der Waals surface area contributed by atoms with Crippen LogP contribution in [0.1, 0.15) is 65.7 Å². The van der Waals surface area contributed by atoms with E-state index in [9.17, 15) is 24.5 Å². The first kappa shape index (κ1) is 28.9. The maximum absolute atomic E-state index is 11.8. The van der Waals surface area contributed by atoms with Crippen LogP contribution < -0.4 is 5.32 Å². The van der Waals surface area contributed by atoms with E-state index in [0.29, 0.717) is 12.8 Å². The van der Waals surface area contributed by atoms with Crippen LogP contribution in [0.5, 0.6) is 0 Å². The number of ether oxygens (including phenoxy) is 2. The summed E-state index contributed by atoms with van der Waals surface area (Å²) in [6, 6.07) is 0. The van der Waals surface area contributed by atoms with Gasteiger partial charge in [-0.05, 0) is 44.6 Å². The third kappa shape index (κ3) is 13.2. The molecule has 32 heavy (non-hydrogen) atoms. The Bertz CT molecular complexity index is 664. The van der Waals surface area contributed by atoms with E-state index in [4.69, 9.17) is 14.6 Å². The van der Waals surface area contributed by atoms with Crippen molar-refractivity contribution in [3.63, 3.8) is 0 Å². The van der Waals surface area contributed by atoms with E-state index in [1.807, 2.05) is 26.0 Å². The lowest BCUT2D eigenvalue weighted by Crippen LogP contribution is -2.40. The van der Waals surface area contributed by atoms with Gasteiger partial charge in [-0.1, -0.05) is 38.3 Å². The van der Waals surface area contributed by atoms with Crippen LogP contribution in [0, 0.1) is 15.5 Å². The summed E-state index contributed by atoms with van der Waals surface area (Å²) in [5.41, 5.74) is -0.344. The number of carbonyl (C=O) groups excluding carboxylic acids is 2. The minimum absolute atomic E-state index is 0.0286. The Kier molecular flexibility index (Phi) is 15.0. The highest BCUT2D eigenvalue weighted by Crippen LogP contribution is 2.38. The van der Waals surface area contributed by atoms with Gasteiger partial charge >= 0.3 is 18.0 Å². The molecular weight excluding hydrogens is 424 g/mol. The van der Waals surface area contributed by atoms with Gasteiger partial charge in [-0.3, -0.25) is 4.79 Å². The number of nitrogens with zero attached hydrogens (tertiary/aromatic N) is 1. The fourth-order valence-electron chi connectivity index (χ4n) is 3.15. The minimum Gasteiger partial charge on any atom is -0.481 e. The van der Waals surface area contributed by atoms with Crippen LogP contribution in [0.25, 0.3) is 0 Å². The topological polar surface area (TPSA) is 154 Å². The summed E-state index contributed by atoms with van der Waals surface area (Å²) in [4.78, 5) is 48.9.